The van der Waals surface area contributed by atoms with Gasteiger partial charge in [-0.2, -0.15) is 0 Å². The summed E-state index contributed by atoms with van der Waals surface area (Å²) in [6.07, 6.45) is 3.84. The lowest BCUT2D eigenvalue weighted by Crippen LogP contribution is -2.59. The van der Waals surface area contributed by atoms with Crippen LogP contribution in [0.1, 0.15) is 5.56 Å². The fraction of sp³-hybridized carbons (Fsp3) is 0.0217. The monoisotopic (exact) mass is 622 g/mol. The van der Waals surface area contributed by atoms with Crippen LogP contribution in [0.3, 0.4) is 0 Å². The minimum Gasteiger partial charge on any atom is -0.376 e. The van der Waals surface area contributed by atoms with E-state index in [1.807, 2.05) is 12.4 Å². The van der Waals surface area contributed by atoms with Crippen molar-refractivity contribution in [1.82, 2.24) is 4.98 Å². The highest BCUT2D eigenvalue weighted by Gasteiger charge is 2.42. The van der Waals surface area contributed by atoms with Crippen LogP contribution in [-0.2, 0) is 0 Å². The van der Waals surface area contributed by atoms with Crippen molar-refractivity contribution in [2.45, 2.75) is 6.92 Å². The van der Waals surface area contributed by atoms with Gasteiger partial charge in [-0.15, -0.1) is 0 Å². The Labute approximate surface area is 287 Å². The van der Waals surface area contributed by atoms with Gasteiger partial charge in [0, 0.05) is 40.5 Å². The largest absolute Gasteiger partial charge is 0.376 e. The highest BCUT2D eigenvalue weighted by Crippen LogP contribution is 2.48. The van der Waals surface area contributed by atoms with Crippen molar-refractivity contribution in [3.63, 3.8) is 0 Å². The summed E-state index contributed by atoms with van der Waals surface area (Å²) in [4.78, 5) is 6.98. The van der Waals surface area contributed by atoms with Gasteiger partial charge in [0.15, 0.2) is 0 Å². The molecule has 0 unspecified atom stereocenters. The number of nitrogens with zero attached hydrogens (tertiary/aromatic N) is 2. The zero-order valence-corrected chi connectivity index (χ0v) is 27.1. The maximum atomic E-state index is 4.40. The molecule has 7 aromatic carbocycles. The lowest BCUT2D eigenvalue weighted by Gasteiger charge is -2.43. The molecule has 3 heterocycles. The van der Waals surface area contributed by atoms with Crippen LogP contribution in [0.2, 0.25) is 0 Å². The van der Waals surface area contributed by atoms with E-state index in [4.69, 9.17) is 0 Å². The van der Waals surface area contributed by atoms with Gasteiger partial charge < -0.3 is 4.81 Å². The molecular weight excluding hydrogens is 591 g/mol. The minimum atomic E-state index is 0.0869. The number of rotatable bonds is 3. The van der Waals surface area contributed by atoms with E-state index in [0.29, 0.717) is 0 Å². The van der Waals surface area contributed by atoms with Crippen molar-refractivity contribution in [2.24, 2.45) is 0 Å². The van der Waals surface area contributed by atoms with Crippen molar-refractivity contribution in [1.29, 1.82) is 0 Å². The fourth-order valence-electron chi connectivity index (χ4n) is 8.13. The topological polar surface area (TPSA) is 16.1 Å². The third kappa shape index (κ3) is 4.39. The molecule has 10 rings (SSSR count). The van der Waals surface area contributed by atoms with Gasteiger partial charge in [-0.25, -0.2) is 0 Å². The molecule has 2 nitrogen and oxygen atoms in total. The first kappa shape index (κ1) is 27.9. The van der Waals surface area contributed by atoms with Crippen LogP contribution >= 0.6 is 0 Å². The molecule has 2 aliphatic heterocycles. The molecule has 0 atom stereocenters. The van der Waals surface area contributed by atoms with Crippen LogP contribution < -0.4 is 15.7 Å². The summed E-state index contributed by atoms with van der Waals surface area (Å²) in [5.41, 5.74) is 18.7. The summed E-state index contributed by atoms with van der Waals surface area (Å²) < 4.78 is 0. The zero-order valence-electron chi connectivity index (χ0n) is 27.1. The van der Waals surface area contributed by atoms with Gasteiger partial charge in [0.05, 0.1) is 0 Å². The quantitative estimate of drug-likeness (QED) is 0.182. The van der Waals surface area contributed by atoms with Crippen LogP contribution in [0.5, 0.6) is 0 Å². The molecule has 228 valence electrons. The molecule has 49 heavy (non-hydrogen) atoms. The van der Waals surface area contributed by atoms with Crippen molar-refractivity contribution in [2.75, 3.05) is 4.81 Å². The van der Waals surface area contributed by atoms with Crippen LogP contribution in [0, 0.1) is 6.92 Å². The maximum Gasteiger partial charge on any atom is 0.329 e. The predicted molar refractivity (Wildman–Crippen MR) is 207 cm³/mol. The van der Waals surface area contributed by atoms with Gasteiger partial charge >= 0.3 is 6.85 Å². The predicted octanol–water partition coefficient (Wildman–Crippen LogP) is 10.4. The summed E-state index contributed by atoms with van der Waals surface area (Å²) >= 11 is 0. The fourth-order valence-corrected chi connectivity index (χ4v) is 8.13. The van der Waals surface area contributed by atoms with Crippen molar-refractivity contribution in [3.05, 3.63) is 176 Å². The van der Waals surface area contributed by atoms with Crippen LogP contribution in [0.15, 0.2) is 170 Å². The summed E-state index contributed by atoms with van der Waals surface area (Å²) in [6, 6.07) is 58.4. The smallest absolute Gasteiger partial charge is 0.329 e. The average molecular weight is 623 g/mol. The van der Waals surface area contributed by atoms with E-state index >= 15 is 0 Å². The van der Waals surface area contributed by atoms with Crippen LogP contribution in [0.4, 0.5) is 11.4 Å². The van der Waals surface area contributed by atoms with E-state index in [-0.39, 0.29) is 6.85 Å². The molecule has 0 amide bonds. The Kier molecular flexibility index (Phi) is 6.22. The first-order valence-corrected chi connectivity index (χ1v) is 17.0. The molecule has 3 heteroatoms. The standard InChI is InChI=1S/C46H31BN2/c1-30-25-36(29-48-28-30)32-19-17-31(18-20-32)34-21-23-45-41(26-34)39-12-4-6-15-43(39)47-44-16-7-5-13-40(44)42-27-35(22-24-46(42)49(45)47)38-14-8-10-33-9-2-3-11-37(33)38/h2-29H,1H3. The lowest BCUT2D eigenvalue weighted by atomic mass is 9.43. The first-order chi connectivity index (χ1) is 24.2. The van der Waals surface area contributed by atoms with Crippen LogP contribution in [0.25, 0.3) is 66.4 Å². The molecule has 0 saturated heterocycles. The Hall–Kier alpha value is -6.19. The Morgan fingerprint density at radius 1 is 0.429 bits per heavy atom. The van der Waals surface area contributed by atoms with Gasteiger partial charge in [-0.05, 0) is 103 Å². The summed E-state index contributed by atoms with van der Waals surface area (Å²) in [7, 11) is 0. The van der Waals surface area contributed by atoms with E-state index in [9.17, 15) is 0 Å². The molecule has 2 aliphatic rings. The van der Waals surface area contributed by atoms with E-state index in [0.717, 1.165) is 5.56 Å². The van der Waals surface area contributed by atoms with E-state index in [1.54, 1.807) is 0 Å². The van der Waals surface area contributed by atoms with Crippen molar-refractivity contribution < 1.29 is 0 Å². The first-order valence-electron chi connectivity index (χ1n) is 17.0. The second-order valence-electron chi connectivity index (χ2n) is 13.3. The van der Waals surface area contributed by atoms with Crippen molar-refractivity contribution in [3.8, 4) is 55.6 Å². The highest BCUT2D eigenvalue weighted by molar-refractivity contribution is 6.92. The molecule has 0 fully saturated rings. The second kappa shape index (κ2) is 10.9. The number of aromatic nitrogens is 1. The number of hydrogen-bond acceptors (Lipinski definition) is 2. The zero-order chi connectivity index (χ0) is 32.5. The van der Waals surface area contributed by atoms with Gasteiger partial charge in [0.1, 0.15) is 0 Å². The summed E-state index contributed by atoms with van der Waals surface area (Å²) in [5.74, 6) is 0. The number of aryl methyl sites for hydroxylation is 1. The van der Waals surface area contributed by atoms with Gasteiger partial charge in [-0.3, -0.25) is 4.98 Å². The maximum absolute atomic E-state index is 4.40. The second-order valence-corrected chi connectivity index (χ2v) is 13.3. The molecule has 0 bridgehead atoms. The molecule has 0 saturated carbocycles. The number of pyridine rings is 1. The SMILES string of the molecule is Cc1cncc(-c2ccc(-c3ccc4c(c3)-c3ccccc3B3c5ccccc5-c5cc(-c6cccc7ccccc67)ccc5N34)cc2)c1. The van der Waals surface area contributed by atoms with Gasteiger partial charge in [0.25, 0.3) is 0 Å². The lowest BCUT2D eigenvalue weighted by molar-refractivity contribution is 1.27. The number of fused-ring (bicyclic) bond motifs is 12. The molecule has 1 aromatic heterocycles. The van der Waals surface area contributed by atoms with Crippen molar-refractivity contribution >= 4 is 39.9 Å². The van der Waals surface area contributed by atoms with E-state index < -0.39 is 0 Å². The normalized spacial score (nSPS) is 12.5. The molecule has 0 spiro atoms. The average Bonchev–Trinajstić information content (AvgIpc) is 3.17. The molecular formula is C46H31BN2. The Morgan fingerprint density at radius 3 is 1.69 bits per heavy atom. The van der Waals surface area contributed by atoms with E-state index in [1.165, 1.54) is 88.7 Å². The highest BCUT2D eigenvalue weighted by atomic mass is 15.1. The molecule has 8 aromatic rings. The van der Waals surface area contributed by atoms with Gasteiger partial charge in [0.2, 0.25) is 0 Å². The Morgan fingerprint density at radius 2 is 0.980 bits per heavy atom. The minimum absolute atomic E-state index is 0.0869. The van der Waals surface area contributed by atoms with Gasteiger partial charge in [-0.1, -0.05) is 127 Å². The number of anilines is 2. The summed E-state index contributed by atoms with van der Waals surface area (Å²) in [5, 5.41) is 2.54. The third-order valence-electron chi connectivity index (χ3n) is 10.4. The molecule has 0 aliphatic carbocycles. The number of benzene rings is 7. The molecule has 0 N–H and O–H groups in total. The molecule has 0 radical (unpaired) electrons. The third-order valence-corrected chi connectivity index (χ3v) is 10.4. The van der Waals surface area contributed by atoms with E-state index in [2.05, 4.69) is 174 Å². The Balaban J connectivity index is 1.13. The Bertz CT molecular complexity index is 2580. The van der Waals surface area contributed by atoms with Crippen LogP contribution in [-0.4, -0.2) is 11.8 Å². The summed E-state index contributed by atoms with van der Waals surface area (Å²) in [6.45, 7) is 2.17. The number of hydrogen-bond donors (Lipinski definition) is 0.